The van der Waals surface area contributed by atoms with Crippen LogP contribution in [0.1, 0.15) is 11.5 Å². The van der Waals surface area contributed by atoms with E-state index in [0.29, 0.717) is 11.5 Å². The van der Waals surface area contributed by atoms with Crippen molar-refractivity contribution in [3.8, 4) is 5.75 Å². The first kappa shape index (κ1) is 19.1. The van der Waals surface area contributed by atoms with Crippen molar-refractivity contribution in [1.29, 1.82) is 0 Å². The van der Waals surface area contributed by atoms with Crippen LogP contribution in [0.2, 0.25) is 0 Å². The standard InChI is InChI=1S/C17H14F3NO5S/c18-17(19,20)26-13-5-7-16(8-6-13)27(22,23)21(11-14-3-1-9-24-14)12-15-4-2-10-25-15/h1-10H,11-12H2. The monoisotopic (exact) mass is 401 g/mol. The number of furan rings is 2. The molecule has 0 amide bonds. The summed E-state index contributed by atoms with van der Waals surface area (Å²) in [6.45, 7) is -0.145. The zero-order chi connectivity index (χ0) is 19.5. The maximum Gasteiger partial charge on any atom is 0.573 e. The number of benzene rings is 1. The molecule has 0 atom stereocenters. The summed E-state index contributed by atoms with van der Waals surface area (Å²) in [5.74, 6) is 0.300. The average Bonchev–Trinajstić information content (AvgIpc) is 3.27. The van der Waals surface area contributed by atoms with Crippen LogP contribution >= 0.6 is 0 Å². The first-order valence-electron chi connectivity index (χ1n) is 7.65. The van der Waals surface area contributed by atoms with E-state index in [0.717, 1.165) is 28.6 Å². The van der Waals surface area contributed by atoms with E-state index in [1.165, 1.54) is 12.5 Å². The Morgan fingerprint density at radius 1 is 0.889 bits per heavy atom. The summed E-state index contributed by atoms with van der Waals surface area (Å²) in [5.41, 5.74) is 0. The molecular formula is C17H14F3NO5S. The molecule has 0 bridgehead atoms. The summed E-state index contributed by atoms with van der Waals surface area (Å²) in [6, 6.07) is 10.5. The molecule has 0 aliphatic heterocycles. The Labute approximate surface area is 152 Å². The van der Waals surface area contributed by atoms with E-state index < -0.39 is 22.1 Å². The lowest BCUT2D eigenvalue weighted by molar-refractivity contribution is -0.274. The van der Waals surface area contributed by atoms with Crippen LogP contribution in [0.4, 0.5) is 13.2 Å². The van der Waals surface area contributed by atoms with Gasteiger partial charge in [-0.2, -0.15) is 4.31 Å². The smallest absolute Gasteiger partial charge is 0.468 e. The van der Waals surface area contributed by atoms with E-state index in [-0.39, 0.29) is 18.0 Å². The first-order chi connectivity index (χ1) is 12.7. The van der Waals surface area contributed by atoms with Gasteiger partial charge in [-0.05, 0) is 48.5 Å². The molecule has 144 valence electrons. The van der Waals surface area contributed by atoms with Crippen LogP contribution in [-0.2, 0) is 23.1 Å². The van der Waals surface area contributed by atoms with Crippen molar-refractivity contribution >= 4 is 10.0 Å². The number of hydrogen-bond donors (Lipinski definition) is 0. The summed E-state index contributed by atoms with van der Waals surface area (Å²) in [5, 5.41) is 0. The Hall–Kier alpha value is -2.72. The summed E-state index contributed by atoms with van der Waals surface area (Å²) in [6.07, 6.45) is -2.03. The molecule has 1 aromatic carbocycles. The molecule has 2 heterocycles. The second-order valence-electron chi connectivity index (χ2n) is 5.45. The van der Waals surface area contributed by atoms with Crippen molar-refractivity contribution in [2.24, 2.45) is 0 Å². The van der Waals surface area contributed by atoms with Crippen LogP contribution in [0.25, 0.3) is 0 Å². The summed E-state index contributed by atoms with van der Waals surface area (Å²) < 4.78 is 78.0. The van der Waals surface area contributed by atoms with Crippen molar-refractivity contribution < 1.29 is 35.2 Å². The van der Waals surface area contributed by atoms with Crippen LogP contribution in [0, 0.1) is 0 Å². The fourth-order valence-electron chi connectivity index (χ4n) is 2.34. The topological polar surface area (TPSA) is 72.9 Å². The fourth-order valence-corrected chi connectivity index (χ4v) is 3.71. The lowest BCUT2D eigenvalue weighted by Gasteiger charge is -2.20. The number of hydrogen-bond acceptors (Lipinski definition) is 5. The Morgan fingerprint density at radius 3 is 1.81 bits per heavy atom. The molecule has 3 aromatic rings. The Kier molecular flexibility index (Phi) is 5.29. The van der Waals surface area contributed by atoms with E-state index in [1.54, 1.807) is 24.3 Å². The maximum atomic E-state index is 13.0. The summed E-state index contributed by atoms with van der Waals surface area (Å²) >= 11 is 0. The molecule has 3 rings (SSSR count). The molecule has 0 unspecified atom stereocenters. The Morgan fingerprint density at radius 2 is 1.41 bits per heavy atom. The van der Waals surface area contributed by atoms with Crippen LogP contribution in [0.15, 0.2) is 74.8 Å². The highest BCUT2D eigenvalue weighted by molar-refractivity contribution is 7.89. The third-order valence-electron chi connectivity index (χ3n) is 3.52. The van der Waals surface area contributed by atoms with Gasteiger partial charge in [0.15, 0.2) is 0 Å². The molecule has 6 nitrogen and oxygen atoms in total. The minimum atomic E-state index is -4.86. The number of nitrogens with zero attached hydrogens (tertiary/aromatic N) is 1. The maximum absolute atomic E-state index is 13.0. The van der Waals surface area contributed by atoms with Gasteiger partial charge in [0.2, 0.25) is 10.0 Å². The van der Waals surface area contributed by atoms with Crippen molar-refractivity contribution in [2.45, 2.75) is 24.3 Å². The molecule has 0 saturated heterocycles. The third-order valence-corrected chi connectivity index (χ3v) is 5.33. The van der Waals surface area contributed by atoms with Crippen LogP contribution in [0.3, 0.4) is 0 Å². The first-order valence-corrected chi connectivity index (χ1v) is 9.09. The molecule has 0 aliphatic carbocycles. The predicted octanol–water partition coefficient (Wildman–Crippen LogP) is 4.16. The van der Waals surface area contributed by atoms with Gasteiger partial charge in [-0.1, -0.05) is 0 Å². The van der Waals surface area contributed by atoms with Gasteiger partial charge in [-0.25, -0.2) is 8.42 Å². The van der Waals surface area contributed by atoms with Crippen molar-refractivity contribution in [3.05, 3.63) is 72.6 Å². The molecule has 0 spiro atoms. The van der Waals surface area contributed by atoms with Crippen LogP contribution < -0.4 is 4.74 Å². The van der Waals surface area contributed by atoms with Crippen molar-refractivity contribution in [3.63, 3.8) is 0 Å². The predicted molar refractivity (Wildman–Crippen MR) is 87.0 cm³/mol. The molecule has 27 heavy (non-hydrogen) atoms. The highest BCUT2D eigenvalue weighted by Crippen LogP contribution is 2.26. The quantitative estimate of drug-likeness (QED) is 0.594. The number of sulfonamides is 1. The molecular weight excluding hydrogens is 387 g/mol. The molecule has 0 radical (unpaired) electrons. The van der Waals surface area contributed by atoms with E-state index in [4.69, 9.17) is 8.83 Å². The fraction of sp³-hybridized carbons (Fsp3) is 0.176. The lowest BCUT2D eigenvalue weighted by atomic mass is 10.3. The van der Waals surface area contributed by atoms with Crippen molar-refractivity contribution in [1.82, 2.24) is 4.31 Å². The molecule has 0 N–H and O–H groups in total. The number of halogens is 3. The zero-order valence-corrected chi connectivity index (χ0v) is 14.5. The number of alkyl halides is 3. The largest absolute Gasteiger partial charge is 0.573 e. The van der Waals surface area contributed by atoms with Crippen molar-refractivity contribution in [2.75, 3.05) is 0 Å². The Bertz CT molecular complexity index is 913. The SMILES string of the molecule is O=S(=O)(c1ccc(OC(F)(F)F)cc1)N(Cc1ccco1)Cc1ccco1. The van der Waals surface area contributed by atoms with E-state index in [1.807, 2.05) is 0 Å². The van der Waals surface area contributed by atoms with Gasteiger partial charge in [-0.15, -0.1) is 13.2 Å². The molecule has 0 aliphatic rings. The van der Waals surface area contributed by atoms with Gasteiger partial charge in [0.25, 0.3) is 0 Å². The van der Waals surface area contributed by atoms with Gasteiger partial charge < -0.3 is 13.6 Å². The van der Waals surface area contributed by atoms with Gasteiger partial charge in [-0.3, -0.25) is 0 Å². The molecule has 0 fully saturated rings. The molecule has 10 heteroatoms. The molecule has 0 saturated carbocycles. The number of ether oxygens (including phenoxy) is 1. The second kappa shape index (κ2) is 7.49. The van der Waals surface area contributed by atoms with Crippen LogP contribution in [0.5, 0.6) is 5.75 Å². The Balaban J connectivity index is 1.87. The highest BCUT2D eigenvalue weighted by atomic mass is 32.2. The molecule has 2 aromatic heterocycles. The van der Waals surface area contributed by atoms with Gasteiger partial charge in [0.05, 0.1) is 30.5 Å². The van der Waals surface area contributed by atoms with E-state index >= 15 is 0 Å². The lowest BCUT2D eigenvalue weighted by Crippen LogP contribution is -2.30. The third kappa shape index (κ3) is 4.92. The second-order valence-corrected chi connectivity index (χ2v) is 7.39. The normalized spacial score (nSPS) is 12.4. The minimum absolute atomic E-state index is 0.0726. The summed E-state index contributed by atoms with van der Waals surface area (Å²) in [4.78, 5) is -0.185. The van der Waals surface area contributed by atoms with E-state index in [9.17, 15) is 21.6 Å². The minimum Gasteiger partial charge on any atom is -0.468 e. The average molecular weight is 401 g/mol. The summed E-state index contributed by atoms with van der Waals surface area (Å²) in [7, 11) is -4.04. The van der Waals surface area contributed by atoms with Crippen LogP contribution in [-0.4, -0.2) is 19.1 Å². The number of rotatable bonds is 7. The highest BCUT2D eigenvalue weighted by Gasteiger charge is 2.32. The van der Waals surface area contributed by atoms with Gasteiger partial charge in [0.1, 0.15) is 17.3 Å². The van der Waals surface area contributed by atoms with Gasteiger partial charge in [0, 0.05) is 0 Å². The van der Waals surface area contributed by atoms with E-state index in [2.05, 4.69) is 4.74 Å². The zero-order valence-electron chi connectivity index (χ0n) is 13.7. The van der Waals surface area contributed by atoms with Gasteiger partial charge >= 0.3 is 6.36 Å².